The molecule has 0 radical (unpaired) electrons. The molecule has 2 aliphatic rings. The quantitative estimate of drug-likeness (QED) is 0.228. The molecule has 4 aromatic carbocycles. The fraction of sp³-hybridized carbons (Fsp3) is 0.200. The van der Waals surface area contributed by atoms with E-state index in [0.29, 0.717) is 13.5 Å². The van der Waals surface area contributed by atoms with Crippen LogP contribution in [0.2, 0.25) is 0 Å². The summed E-state index contributed by atoms with van der Waals surface area (Å²) >= 11 is 0. The molecule has 0 fully saturated rings. The molecule has 2 heterocycles. The molecule has 0 unspecified atom stereocenters. The Morgan fingerprint density at radius 3 is 1.54 bits per heavy atom. The molecule has 0 bridgehead atoms. The monoisotopic (exact) mass is 514 g/mol. The molecule has 0 aliphatic carbocycles. The van der Waals surface area contributed by atoms with Gasteiger partial charge in [0.15, 0.2) is 13.5 Å². The van der Waals surface area contributed by atoms with Crippen molar-refractivity contribution < 1.29 is 9.47 Å². The van der Waals surface area contributed by atoms with Gasteiger partial charge < -0.3 is 19.3 Å². The van der Waals surface area contributed by atoms with Crippen molar-refractivity contribution in [2.24, 2.45) is 0 Å². The average molecular weight is 515 g/mol. The molecule has 6 rings (SSSR count). The Labute approximate surface area is 231 Å². The van der Waals surface area contributed by atoms with Crippen LogP contribution in [0.5, 0.6) is 11.5 Å². The zero-order valence-electron chi connectivity index (χ0n) is 22.3. The summed E-state index contributed by atoms with van der Waals surface area (Å²) in [5, 5.41) is 0. The standard InChI is InChI=1S/C35H34N2O2/c1-3-9-28-20-26(15-17-32(28)36-22-30-11-5-7-13-34(30)38-24-36)19-27-16-18-33(29(21-27)10-4-2)37-23-31-12-6-8-14-35(31)39-25-37/h3-8,11-18,20-21H,1-2,9-10,19,22-25H2. The highest BCUT2D eigenvalue weighted by Crippen LogP contribution is 2.33. The van der Waals surface area contributed by atoms with Gasteiger partial charge >= 0.3 is 0 Å². The van der Waals surface area contributed by atoms with E-state index in [0.717, 1.165) is 43.9 Å². The number of fused-ring (bicyclic) bond motifs is 2. The SMILES string of the molecule is C=CCc1cc(Cc2ccc(N3COc4ccccc4C3)c(CC=C)c2)ccc1N1COc2ccccc2C1. The molecule has 0 amide bonds. The molecule has 0 aromatic heterocycles. The van der Waals surface area contributed by atoms with E-state index in [2.05, 4.69) is 83.6 Å². The number of anilines is 2. The molecular weight excluding hydrogens is 480 g/mol. The second-order valence-corrected chi connectivity index (χ2v) is 10.2. The van der Waals surface area contributed by atoms with E-state index in [-0.39, 0.29) is 0 Å². The minimum absolute atomic E-state index is 0.553. The Hall–Kier alpha value is -4.44. The normalized spacial score (nSPS) is 14.1. The molecule has 4 aromatic rings. The average Bonchev–Trinajstić information content (AvgIpc) is 2.97. The van der Waals surface area contributed by atoms with Gasteiger partial charge in [-0.15, -0.1) is 13.2 Å². The van der Waals surface area contributed by atoms with Crippen molar-refractivity contribution in [3.05, 3.63) is 144 Å². The maximum absolute atomic E-state index is 6.05. The van der Waals surface area contributed by atoms with Crippen molar-refractivity contribution in [1.29, 1.82) is 0 Å². The summed E-state index contributed by atoms with van der Waals surface area (Å²) in [5.74, 6) is 1.96. The lowest BCUT2D eigenvalue weighted by atomic mass is 9.96. The number of ether oxygens (including phenoxy) is 2. The van der Waals surface area contributed by atoms with Crippen LogP contribution in [0.4, 0.5) is 11.4 Å². The molecule has 0 spiro atoms. The first kappa shape index (κ1) is 24.9. The van der Waals surface area contributed by atoms with Crippen LogP contribution < -0.4 is 19.3 Å². The van der Waals surface area contributed by atoms with Crippen LogP contribution in [0.3, 0.4) is 0 Å². The third-order valence-electron chi connectivity index (χ3n) is 7.53. The highest BCUT2D eigenvalue weighted by Gasteiger charge is 2.21. The zero-order chi connectivity index (χ0) is 26.6. The number of hydrogen-bond acceptors (Lipinski definition) is 4. The molecular formula is C35H34N2O2. The van der Waals surface area contributed by atoms with Crippen molar-refractivity contribution in [3.8, 4) is 11.5 Å². The largest absolute Gasteiger partial charge is 0.473 e. The van der Waals surface area contributed by atoms with Crippen molar-refractivity contribution in [2.75, 3.05) is 23.3 Å². The molecule has 4 heteroatoms. The summed E-state index contributed by atoms with van der Waals surface area (Å²) in [7, 11) is 0. The highest BCUT2D eigenvalue weighted by molar-refractivity contribution is 5.60. The van der Waals surface area contributed by atoms with Crippen LogP contribution >= 0.6 is 0 Å². The van der Waals surface area contributed by atoms with Crippen LogP contribution in [0.15, 0.2) is 110 Å². The molecule has 39 heavy (non-hydrogen) atoms. The summed E-state index contributed by atoms with van der Waals surface area (Å²) in [4.78, 5) is 4.61. The lowest BCUT2D eigenvalue weighted by molar-refractivity contribution is 0.289. The molecule has 0 saturated carbocycles. The van der Waals surface area contributed by atoms with E-state index in [1.807, 2.05) is 36.4 Å². The molecule has 196 valence electrons. The lowest BCUT2D eigenvalue weighted by Gasteiger charge is -2.32. The van der Waals surface area contributed by atoms with Gasteiger partial charge in [0.05, 0.1) is 0 Å². The topological polar surface area (TPSA) is 24.9 Å². The third kappa shape index (κ3) is 5.28. The Bertz CT molecular complexity index is 1400. The smallest absolute Gasteiger partial charge is 0.161 e. The number of rotatable bonds is 8. The molecule has 0 saturated heterocycles. The number of benzene rings is 4. The van der Waals surface area contributed by atoms with Gasteiger partial charge in [-0.05, 0) is 65.8 Å². The summed E-state index contributed by atoms with van der Waals surface area (Å²) in [6, 6.07) is 30.2. The Morgan fingerprint density at radius 1 is 0.615 bits per heavy atom. The van der Waals surface area contributed by atoms with Gasteiger partial charge in [-0.2, -0.15) is 0 Å². The summed E-state index contributed by atoms with van der Waals surface area (Å²) in [5.41, 5.74) is 9.99. The van der Waals surface area contributed by atoms with E-state index in [4.69, 9.17) is 9.47 Å². The Morgan fingerprint density at radius 2 is 1.08 bits per heavy atom. The molecule has 2 aliphatic heterocycles. The van der Waals surface area contributed by atoms with Gasteiger partial charge in [0.25, 0.3) is 0 Å². The number of para-hydroxylation sites is 2. The molecule has 0 atom stereocenters. The summed E-state index contributed by atoms with van der Waals surface area (Å²) < 4.78 is 12.1. The van der Waals surface area contributed by atoms with Crippen molar-refractivity contribution >= 4 is 11.4 Å². The van der Waals surface area contributed by atoms with Gasteiger partial charge in [0.2, 0.25) is 0 Å². The molecule has 4 nitrogen and oxygen atoms in total. The Balaban J connectivity index is 1.23. The third-order valence-corrected chi connectivity index (χ3v) is 7.53. The van der Waals surface area contributed by atoms with Crippen LogP contribution in [-0.2, 0) is 32.4 Å². The number of nitrogens with zero attached hydrogens (tertiary/aromatic N) is 2. The van der Waals surface area contributed by atoms with E-state index in [9.17, 15) is 0 Å². The van der Waals surface area contributed by atoms with Gasteiger partial charge in [0, 0.05) is 35.6 Å². The first-order valence-electron chi connectivity index (χ1n) is 13.6. The maximum Gasteiger partial charge on any atom is 0.161 e. The van der Waals surface area contributed by atoms with Crippen LogP contribution in [0.25, 0.3) is 0 Å². The fourth-order valence-corrected chi connectivity index (χ4v) is 5.65. The zero-order valence-corrected chi connectivity index (χ0v) is 22.3. The van der Waals surface area contributed by atoms with E-state index in [1.165, 1.54) is 44.8 Å². The second kappa shape index (κ2) is 11.1. The van der Waals surface area contributed by atoms with E-state index < -0.39 is 0 Å². The van der Waals surface area contributed by atoms with Crippen molar-refractivity contribution in [2.45, 2.75) is 32.4 Å². The van der Waals surface area contributed by atoms with E-state index >= 15 is 0 Å². The van der Waals surface area contributed by atoms with Crippen LogP contribution in [0, 0.1) is 0 Å². The first-order valence-corrected chi connectivity index (χ1v) is 13.6. The summed E-state index contributed by atoms with van der Waals surface area (Å²) in [6.45, 7) is 10.8. The predicted octanol–water partition coefficient (Wildman–Crippen LogP) is 7.45. The number of allylic oxidation sites excluding steroid dienone is 2. The van der Waals surface area contributed by atoms with Crippen LogP contribution in [-0.4, -0.2) is 13.5 Å². The second-order valence-electron chi connectivity index (χ2n) is 10.2. The minimum atomic E-state index is 0.553. The first-order chi connectivity index (χ1) is 19.2. The van der Waals surface area contributed by atoms with E-state index in [1.54, 1.807) is 0 Å². The lowest BCUT2D eigenvalue weighted by Crippen LogP contribution is -2.32. The van der Waals surface area contributed by atoms with Crippen molar-refractivity contribution in [1.82, 2.24) is 0 Å². The van der Waals surface area contributed by atoms with Crippen molar-refractivity contribution in [3.63, 3.8) is 0 Å². The Kier molecular flexibility index (Phi) is 7.09. The minimum Gasteiger partial charge on any atom is -0.473 e. The van der Waals surface area contributed by atoms with Gasteiger partial charge in [-0.25, -0.2) is 0 Å². The fourth-order valence-electron chi connectivity index (χ4n) is 5.65. The predicted molar refractivity (Wildman–Crippen MR) is 160 cm³/mol. The highest BCUT2D eigenvalue weighted by atomic mass is 16.5. The number of hydrogen-bond donors (Lipinski definition) is 0. The van der Waals surface area contributed by atoms with Gasteiger partial charge in [-0.1, -0.05) is 72.8 Å². The van der Waals surface area contributed by atoms with Crippen LogP contribution in [0.1, 0.15) is 33.4 Å². The summed E-state index contributed by atoms with van der Waals surface area (Å²) in [6.07, 6.45) is 6.47. The van der Waals surface area contributed by atoms with Gasteiger partial charge in [-0.3, -0.25) is 0 Å². The molecule has 0 N–H and O–H groups in total. The maximum atomic E-state index is 6.05. The van der Waals surface area contributed by atoms with Gasteiger partial charge in [0.1, 0.15) is 11.5 Å².